The largest absolute Gasteiger partial charge is 0.478 e. The highest BCUT2D eigenvalue weighted by atomic mass is 16.5. The number of rotatable bonds is 6. The van der Waals surface area contributed by atoms with Gasteiger partial charge in [0.05, 0.1) is 11.3 Å². The molecule has 2 amide bonds. The van der Waals surface area contributed by atoms with E-state index in [0.717, 1.165) is 22.3 Å². The lowest BCUT2D eigenvalue weighted by Crippen LogP contribution is -2.20. The summed E-state index contributed by atoms with van der Waals surface area (Å²) in [6.45, 7) is 8.31. The second-order valence-electron chi connectivity index (χ2n) is 9.89. The Kier molecular flexibility index (Phi) is 7.30. The lowest BCUT2D eigenvalue weighted by Gasteiger charge is -2.23. The average Bonchev–Trinajstić information content (AvgIpc) is 2.85. The maximum absolute atomic E-state index is 12.9. The van der Waals surface area contributed by atoms with Gasteiger partial charge in [0.1, 0.15) is 5.75 Å². The predicted molar refractivity (Wildman–Crippen MR) is 148 cm³/mol. The number of ether oxygens (including phenoxy) is 1. The van der Waals surface area contributed by atoms with Crippen molar-refractivity contribution in [3.63, 3.8) is 0 Å². The van der Waals surface area contributed by atoms with Gasteiger partial charge in [-0.05, 0) is 71.5 Å². The van der Waals surface area contributed by atoms with Gasteiger partial charge in [-0.1, -0.05) is 69.3 Å². The molecule has 0 saturated carbocycles. The van der Waals surface area contributed by atoms with E-state index in [-0.39, 0.29) is 11.0 Å². The first-order chi connectivity index (χ1) is 17.6. The number of amides is 2. The van der Waals surface area contributed by atoms with Crippen molar-refractivity contribution in [1.29, 1.82) is 0 Å². The maximum Gasteiger partial charge on any atom is 0.335 e. The first kappa shape index (κ1) is 25.5. The van der Waals surface area contributed by atoms with Gasteiger partial charge >= 0.3 is 12.0 Å². The number of nitrogens with one attached hydrogen (secondary N) is 2. The van der Waals surface area contributed by atoms with Gasteiger partial charge in [0.2, 0.25) is 0 Å². The van der Waals surface area contributed by atoms with Crippen molar-refractivity contribution in [1.82, 2.24) is 0 Å². The molecule has 0 fully saturated rings. The van der Waals surface area contributed by atoms with Crippen LogP contribution >= 0.6 is 0 Å². The van der Waals surface area contributed by atoms with Crippen molar-refractivity contribution in [3.8, 4) is 22.6 Å². The fourth-order valence-electron chi connectivity index (χ4n) is 4.00. The Morgan fingerprint density at radius 1 is 0.757 bits per heavy atom. The second-order valence-corrected chi connectivity index (χ2v) is 9.89. The van der Waals surface area contributed by atoms with Crippen molar-refractivity contribution >= 4 is 23.4 Å². The number of aryl methyl sites for hydroxylation is 1. The van der Waals surface area contributed by atoms with Crippen LogP contribution in [0.15, 0.2) is 91.0 Å². The molecule has 6 heteroatoms. The fourth-order valence-corrected chi connectivity index (χ4v) is 4.00. The van der Waals surface area contributed by atoms with Gasteiger partial charge in [0.15, 0.2) is 5.75 Å². The molecule has 0 aromatic heterocycles. The maximum atomic E-state index is 12.9. The van der Waals surface area contributed by atoms with E-state index < -0.39 is 12.0 Å². The summed E-state index contributed by atoms with van der Waals surface area (Å²) in [4.78, 5) is 24.2. The lowest BCUT2D eigenvalue weighted by molar-refractivity contribution is 0.0697. The quantitative estimate of drug-likeness (QED) is 0.253. The number of carbonyl (C=O) groups excluding carboxylic acids is 1. The molecule has 0 atom stereocenters. The third kappa shape index (κ3) is 6.35. The zero-order valence-electron chi connectivity index (χ0n) is 21.3. The number of carbonyl (C=O) groups is 2. The number of hydrogen-bond acceptors (Lipinski definition) is 3. The van der Waals surface area contributed by atoms with Crippen LogP contribution in [0.25, 0.3) is 11.1 Å². The van der Waals surface area contributed by atoms with Crippen LogP contribution in [0.3, 0.4) is 0 Å². The van der Waals surface area contributed by atoms with Crippen LogP contribution in [0.1, 0.15) is 42.3 Å². The third-order valence-corrected chi connectivity index (χ3v) is 5.88. The van der Waals surface area contributed by atoms with Gasteiger partial charge in [-0.2, -0.15) is 0 Å². The summed E-state index contributed by atoms with van der Waals surface area (Å²) in [5, 5.41) is 15.0. The number of urea groups is 1. The minimum Gasteiger partial charge on any atom is -0.478 e. The van der Waals surface area contributed by atoms with Gasteiger partial charge in [0, 0.05) is 11.3 Å². The minimum atomic E-state index is -0.983. The minimum absolute atomic E-state index is 0.140. The third-order valence-electron chi connectivity index (χ3n) is 5.88. The monoisotopic (exact) mass is 494 g/mol. The first-order valence-electron chi connectivity index (χ1n) is 12.0. The molecule has 37 heavy (non-hydrogen) atoms. The van der Waals surface area contributed by atoms with Crippen LogP contribution < -0.4 is 15.4 Å². The van der Waals surface area contributed by atoms with Crippen LogP contribution in [0, 0.1) is 6.92 Å². The molecule has 0 spiro atoms. The molecular weight excluding hydrogens is 464 g/mol. The molecule has 0 aliphatic carbocycles. The Labute approximate surface area is 216 Å². The van der Waals surface area contributed by atoms with Gasteiger partial charge in [-0.25, -0.2) is 9.59 Å². The molecule has 0 bridgehead atoms. The van der Waals surface area contributed by atoms with Crippen molar-refractivity contribution in [2.24, 2.45) is 0 Å². The Morgan fingerprint density at radius 2 is 1.46 bits per heavy atom. The van der Waals surface area contributed by atoms with E-state index in [9.17, 15) is 14.7 Å². The van der Waals surface area contributed by atoms with Gasteiger partial charge in [-0.3, -0.25) is 0 Å². The molecule has 4 rings (SSSR count). The highest BCUT2D eigenvalue weighted by Gasteiger charge is 2.20. The van der Waals surface area contributed by atoms with Gasteiger partial charge in [0.25, 0.3) is 0 Å². The molecule has 4 aromatic rings. The van der Waals surface area contributed by atoms with Crippen LogP contribution in [0.5, 0.6) is 11.5 Å². The van der Waals surface area contributed by atoms with Crippen LogP contribution in [0.4, 0.5) is 16.2 Å². The highest BCUT2D eigenvalue weighted by Crippen LogP contribution is 2.38. The molecule has 0 heterocycles. The molecule has 0 aliphatic rings. The summed E-state index contributed by atoms with van der Waals surface area (Å²) < 4.78 is 6.36. The summed E-state index contributed by atoms with van der Waals surface area (Å²) in [5.41, 5.74) is 4.92. The van der Waals surface area contributed by atoms with Crippen LogP contribution in [-0.4, -0.2) is 17.1 Å². The first-order valence-corrected chi connectivity index (χ1v) is 12.0. The Balaban J connectivity index is 1.70. The van der Waals surface area contributed by atoms with Crippen LogP contribution in [0.2, 0.25) is 0 Å². The van der Waals surface area contributed by atoms with E-state index in [2.05, 4.69) is 31.4 Å². The summed E-state index contributed by atoms with van der Waals surface area (Å²) >= 11 is 0. The zero-order valence-corrected chi connectivity index (χ0v) is 21.3. The van der Waals surface area contributed by atoms with E-state index in [0.29, 0.717) is 22.9 Å². The standard InChI is InChI=1S/C31H30N2O4/c1-20-8-7-9-24(18-20)32-30(36)33-26-19-23(21-12-14-22(15-13-21)29(34)35)16-17-28(26)37-27-11-6-5-10-25(27)31(2,3)4/h5-19H,1-4H3,(H,34,35)(H2,32,33,36). The van der Waals surface area contributed by atoms with Gasteiger partial charge < -0.3 is 20.5 Å². The molecule has 0 aliphatic heterocycles. The molecule has 0 radical (unpaired) electrons. The molecule has 0 saturated heterocycles. The summed E-state index contributed by atoms with van der Waals surface area (Å²) in [6.07, 6.45) is 0. The van der Waals surface area contributed by atoms with Crippen molar-refractivity contribution in [2.75, 3.05) is 10.6 Å². The van der Waals surface area contributed by atoms with E-state index in [1.54, 1.807) is 24.3 Å². The molecule has 3 N–H and O–H groups in total. The van der Waals surface area contributed by atoms with E-state index >= 15 is 0 Å². The van der Waals surface area contributed by atoms with Crippen molar-refractivity contribution in [3.05, 3.63) is 108 Å². The smallest absolute Gasteiger partial charge is 0.335 e. The van der Waals surface area contributed by atoms with Crippen molar-refractivity contribution < 1.29 is 19.4 Å². The number of anilines is 2. The fraction of sp³-hybridized carbons (Fsp3) is 0.161. The topological polar surface area (TPSA) is 87.7 Å². The SMILES string of the molecule is Cc1cccc(NC(=O)Nc2cc(-c3ccc(C(=O)O)cc3)ccc2Oc2ccccc2C(C)(C)C)c1. The molecule has 188 valence electrons. The van der Waals surface area contributed by atoms with Crippen LogP contribution in [-0.2, 0) is 5.41 Å². The Hall–Kier alpha value is -4.58. The molecular formula is C31H30N2O4. The van der Waals surface area contributed by atoms with E-state index in [4.69, 9.17) is 4.74 Å². The van der Waals surface area contributed by atoms with Gasteiger partial charge in [-0.15, -0.1) is 0 Å². The number of carboxylic acid groups (broad SMARTS) is 1. The number of benzene rings is 4. The summed E-state index contributed by atoms with van der Waals surface area (Å²) in [6, 6.07) is 27.1. The number of aromatic carboxylic acids is 1. The molecule has 0 unspecified atom stereocenters. The zero-order chi connectivity index (χ0) is 26.6. The molecule has 6 nitrogen and oxygen atoms in total. The predicted octanol–water partition coefficient (Wildman–Crippen LogP) is 8.09. The highest BCUT2D eigenvalue weighted by molar-refractivity contribution is 6.01. The normalized spacial score (nSPS) is 11.0. The van der Waals surface area contributed by atoms with E-state index in [1.165, 1.54) is 0 Å². The number of carboxylic acids is 1. The molecule has 4 aromatic carbocycles. The lowest BCUT2D eigenvalue weighted by atomic mass is 9.86. The van der Waals surface area contributed by atoms with E-state index in [1.807, 2.05) is 73.7 Å². The average molecular weight is 495 g/mol. The Morgan fingerprint density at radius 3 is 2.14 bits per heavy atom. The number of hydrogen-bond donors (Lipinski definition) is 3. The van der Waals surface area contributed by atoms with Crippen molar-refractivity contribution in [2.45, 2.75) is 33.1 Å². The second kappa shape index (κ2) is 10.6. The Bertz CT molecular complexity index is 1440. The number of para-hydroxylation sites is 1. The summed E-state index contributed by atoms with van der Waals surface area (Å²) in [5.74, 6) is 0.209. The summed E-state index contributed by atoms with van der Waals surface area (Å²) in [7, 11) is 0.